The highest BCUT2D eigenvalue weighted by Gasteiger charge is 2.22. The highest BCUT2D eigenvalue weighted by atomic mass is 16.5. The average molecular weight is 274 g/mol. The van der Waals surface area contributed by atoms with E-state index in [1.54, 1.807) is 13.0 Å². The van der Waals surface area contributed by atoms with Crippen molar-refractivity contribution in [1.29, 1.82) is 0 Å². The van der Waals surface area contributed by atoms with E-state index in [0.717, 1.165) is 0 Å². The van der Waals surface area contributed by atoms with Crippen LogP contribution in [0.5, 0.6) is 11.5 Å². The fourth-order valence-corrected chi connectivity index (χ4v) is 2.37. The Hall–Kier alpha value is -2.43. The van der Waals surface area contributed by atoms with Crippen LogP contribution in [0.25, 0.3) is 21.9 Å². The molecule has 0 aliphatic carbocycles. The number of ether oxygens (including phenoxy) is 2. The van der Waals surface area contributed by atoms with Crippen LogP contribution in [0.3, 0.4) is 0 Å². The van der Waals surface area contributed by atoms with Crippen LogP contribution >= 0.6 is 0 Å². The van der Waals surface area contributed by atoms with Crippen molar-refractivity contribution in [1.82, 2.24) is 0 Å². The Morgan fingerprint density at radius 2 is 2.05 bits per heavy atom. The third-order valence-corrected chi connectivity index (χ3v) is 3.11. The van der Waals surface area contributed by atoms with Gasteiger partial charge >= 0.3 is 0 Å². The van der Waals surface area contributed by atoms with Gasteiger partial charge in [0.1, 0.15) is 16.9 Å². The van der Waals surface area contributed by atoms with E-state index in [-0.39, 0.29) is 5.43 Å². The molecule has 0 N–H and O–H groups in total. The zero-order valence-corrected chi connectivity index (χ0v) is 11.5. The predicted octanol–water partition coefficient (Wildman–Crippen LogP) is 3.25. The van der Waals surface area contributed by atoms with Gasteiger partial charge in [-0.2, -0.15) is 0 Å². The maximum Gasteiger partial charge on any atom is 0.206 e. The van der Waals surface area contributed by atoms with E-state index in [9.17, 15) is 4.79 Å². The molecular weight excluding hydrogens is 260 g/mol. The fourth-order valence-electron chi connectivity index (χ4n) is 2.37. The molecular formula is C15H14O5. The van der Waals surface area contributed by atoms with Gasteiger partial charge in [-0.3, -0.25) is 4.79 Å². The lowest BCUT2D eigenvalue weighted by atomic mass is 10.1. The molecule has 3 rings (SSSR count). The van der Waals surface area contributed by atoms with E-state index in [4.69, 9.17) is 18.3 Å². The number of hydrogen-bond donors (Lipinski definition) is 0. The standard InChI is InChI=1S/C15H14O5/c1-4-18-12-9-5-6-19-13(9)15(17-3)14-11(12)10(16)7-8(2)20-14/h5-7H,4H2,1-3H3. The molecule has 104 valence electrons. The van der Waals surface area contributed by atoms with Gasteiger partial charge in [-0.1, -0.05) is 0 Å². The van der Waals surface area contributed by atoms with Crippen LogP contribution in [0.1, 0.15) is 12.7 Å². The molecule has 0 fully saturated rings. The van der Waals surface area contributed by atoms with Gasteiger partial charge in [0.2, 0.25) is 5.75 Å². The molecule has 0 amide bonds. The Morgan fingerprint density at radius 3 is 2.75 bits per heavy atom. The molecule has 2 aromatic heterocycles. The van der Waals surface area contributed by atoms with E-state index in [2.05, 4.69) is 0 Å². The molecule has 1 aromatic carbocycles. The lowest BCUT2D eigenvalue weighted by molar-refractivity contribution is 0.346. The van der Waals surface area contributed by atoms with Crippen molar-refractivity contribution in [3.63, 3.8) is 0 Å². The molecule has 0 radical (unpaired) electrons. The molecule has 0 saturated carbocycles. The normalized spacial score (nSPS) is 11.2. The summed E-state index contributed by atoms with van der Waals surface area (Å²) in [6, 6.07) is 3.19. The molecule has 2 heterocycles. The molecule has 3 aromatic rings. The van der Waals surface area contributed by atoms with Crippen molar-refractivity contribution in [2.24, 2.45) is 0 Å². The van der Waals surface area contributed by atoms with Crippen molar-refractivity contribution in [2.45, 2.75) is 13.8 Å². The summed E-state index contributed by atoms with van der Waals surface area (Å²) < 4.78 is 22.1. The second kappa shape index (κ2) is 4.59. The molecule has 0 bridgehead atoms. The minimum absolute atomic E-state index is 0.159. The Bertz CT molecular complexity index is 841. The van der Waals surface area contributed by atoms with Crippen LogP contribution in [0.15, 0.2) is 32.0 Å². The Kier molecular flexibility index (Phi) is 2.89. The van der Waals surface area contributed by atoms with E-state index in [0.29, 0.717) is 45.8 Å². The molecule has 0 atom stereocenters. The zero-order chi connectivity index (χ0) is 14.3. The first-order valence-electron chi connectivity index (χ1n) is 6.31. The van der Waals surface area contributed by atoms with Crippen molar-refractivity contribution >= 4 is 21.9 Å². The second-order valence-corrected chi connectivity index (χ2v) is 4.38. The Balaban J connectivity index is 2.61. The van der Waals surface area contributed by atoms with Crippen LogP contribution in [-0.4, -0.2) is 13.7 Å². The van der Waals surface area contributed by atoms with Gasteiger partial charge in [0.15, 0.2) is 16.6 Å². The number of methoxy groups -OCH3 is 1. The molecule has 20 heavy (non-hydrogen) atoms. The topological polar surface area (TPSA) is 61.8 Å². The van der Waals surface area contributed by atoms with Crippen molar-refractivity contribution in [3.8, 4) is 11.5 Å². The number of benzene rings is 1. The summed E-state index contributed by atoms with van der Waals surface area (Å²) in [4.78, 5) is 12.3. The third kappa shape index (κ3) is 1.66. The maximum absolute atomic E-state index is 12.3. The number of hydrogen-bond acceptors (Lipinski definition) is 5. The summed E-state index contributed by atoms with van der Waals surface area (Å²) in [5.41, 5.74) is 0.703. The summed E-state index contributed by atoms with van der Waals surface area (Å²) in [6.07, 6.45) is 1.53. The van der Waals surface area contributed by atoms with Gasteiger partial charge in [0, 0.05) is 6.07 Å². The summed E-state index contributed by atoms with van der Waals surface area (Å²) in [5.74, 6) is 1.39. The lowest BCUT2D eigenvalue weighted by Gasteiger charge is -2.11. The van der Waals surface area contributed by atoms with Crippen molar-refractivity contribution < 1.29 is 18.3 Å². The lowest BCUT2D eigenvalue weighted by Crippen LogP contribution is -2.05. The van der Waals surface area contributed by atoms with Crippen LogP contribution in [0, 0.1) is 6.92 Å². The van der Waals surface area contributed by atoms with E-state index >= 15 is 0 Å². The first-order chi connectivity index (χ1) is 9.67. The van der Waals surface area contributed by atoms with Crippen LogP contribution < -0.4 is 14.9 Å². The van der Waals surface area contributed by atoms with E-state index in [1.165, 1.54) is 19.4 Å². The highest BCUT2D eigenvalue weighted by molar-refractivity contribution is 6.06. The molecule has 5 heteroatoms. The fraction of sp³-hybridized carbons (Fsp3) is 0.267. The smallest absolute Gasteiger partial charge is 0.206 e. The monoisotopic (exact) mass is 274 g/mol. The summed E-state index contributed by atoms with van der Waals surface area (Å²) in [5, 5.41) is 1.08. The predicted molar refractivity (Wildman–Crippen MR) is 74.7 cm³/mol. The van der Waals surface area contributed by atoms with Gasteiger partial charge < -0.3 is 18.3 Å². The summed E-state index contributed by atoms with van der Waals surface area (Å²) in [7, 11) is 1.51. The maximum atomic E-state index is 12.3. The van der Waals surface area contributed by atoms with Crippen LogP contribution in [0.4, 0.5) is 0 Å². The quantitative estimate of drug-likeness (QED) is 0.733. The average Bonchev–Trinajstić information content (AvgIpc) is 2.87. The number of fused-ring (bicyclic) bond motifs is 2. The molecule has 5 nitrogen and oxygen atoms in total. The highest BCUT2D eigenvalue weighted by Crippen LogP contribution is 2.42. The van der Waals surface area contributed by atoms with Gasteiger partial charge in [0.25, 0.3) is 0 Å². The third-order valence-electron chi connectivity index (χ3n) is 3.11. The molecule has 0 unspecified atom stereocenters. The second-order valence-electron chi connectivity index (χ2n) is 4.38. The van der Waals surface area contributed by atoms with Crippen LogP contribution in [-0.2, 0) is 0 Å². The first-order valence-corrected chi connectivity index (χ1v) is 6.31. The van der Waals surface area contributed by atoms with Crippen molar-refractivity contribution in [2.75, 3.05) is 13.7 Å². The van der Waals surface area contributed by atoms with Crippen molar-refractivity contribution in [3.05, 3.63) is 34.4 Å². The number of furan rings is 1. The minimum Gasteiger partial charge on any atom is -0.492 e. The number of rotatable bonds is 3. The van der Waals surface area contributed by atoms with Gasteiger partial charge in [-0.15, -0.1) is 0 Å². The molecule has 0 saturated heterocycles. The molecule has 0 spiro atoms. The summed E-state index contributed by atoms with van der Waals surface area (Å²) >= 11 is 0. The van der Waals surface area contributed by atoms with Crippen LogP contribution in [0.2, 0.25) is 0 Å². The zero-order valence-electron chi connectivity index (χ0n) is 11.5. The SMILES string of the molecule is CCOc1c2ccoc2c(OC)c2oc(C)cc(=O)c12. The van der Waals surface area contributed by atoms with E-state index in [1.807, 2.05) is 6.92 Å². The Morgan fingerprint density at radius 1 is 1.25 bits per heavy atom. The van der Waals surface area contributed by atoms with Gasteiger partial charge in [0.05, 0.1) is 25.4 Å². The number of aryl methyl sites for hydroxylation is 1. The molecule has 0 aliphatic heterocycles. The first kappa shape index (κ1) is 12.6. The Labute approximate surface area is 114 Å². The summed E-state index contributed by atoms with van der Waals surface area (Å²) in [6.45, 7) is 4.01. The molecule has 0 aliphatic rings. The van der Waals surface area contributed by atoms with E-state index < -0.39 is 0 Å². The minimum atomic E-state index is -0.159. The van der Waals surface area contributed by atoms with Gasteiger partial charge in [-0.25, -0.2) is 0 Å². The largest absolute Gasteiger partial charge is 0.492 e. The van der Waals surface area contributed by atoms with Gasteiger partial charge in [-0.05, 0) is 19.9 Å².